The summed E-state index contributed by atoms with van der Waals surface area (Å²) in [7, 11) is 0. The zero-order valence-electron chi connectivity index (χ0n) is 14.0. The molecule has 1 saturated heterocycles. The van der Waals surface area contributed by atoms with Gasteiger partial charge in [-0.05, 0) is 61.2 Å². The maximum absolute atomic E-state index is 13.0. The van der Waals surface area contributed by atoms with Gasteiger partial charge in [-0.3, -0.25) is 4.79 Å². The minimum atomic E-state index is -0.00779. The molecule has 0 aliphatic carbocycles. The molecule has 0 radical (unpaired) electrons. The molecular formula is C20H23ClN2O. The number of rotatable bonds is 4. The third-order valence-electron chi connectivity index (χ3n) is 4.90. The van der Waals surface area contributed by atoms with Gasteiger partial charge in [-0.15, -0.1) is 0 Å². The van der Waals surface area contributed by atoms with Gasteiger partial charge in [0.05, 0.1) is 0 Å². The second-order valence-corrected chi connectivity index (χ2v) is 6.89. The van der Waals surface area contributed by atoms with Crippen LogP contribution in [0.1, 0.15) is 42.1 Å². The van der Waals surface area contributed by atoms with Crippen molar-refractivity contribution >= 4 is 28.8 Å². The van der Waals surface area contributed by atoms with Gasteiger partial charge in [-0.25, -0.2) is 0 Å². The van der Waals surface area contributed by atoms with Crippen LogP contribution in [0.5, 0.6) is 0 Å². The van der Waals surface area contributed by atoms with E-state index in [1.54, 1.807) is 30.3 Å². The molecule has 0 aromatic heterocycles. The molecule has 126 valence electrons. The molecule has 0 amide bonds. The number of nitrogens with two attached hydrogens (primary N) is 1. The summed E-state index contributed by atoms with van der Waals surface area (Å²) in [5, 5.41) is 0.626. The van der Waals surface area contributed by atoms with Gasteiger partial charge in [0.25, 0.3) is 0 Å². The van der Waals surface area contributed by atoms with E-state index in [1.165, 1.54) is 19.3 Å². The molecule has 0 unspecified atom stereocenters. The summed E-state index contributed by atoms with van der Waals surface area (Å²) >= 11 is 5.93. The Bertz CT molecular complexity index is 719. The second-order valence-electron chi connectivity index (χ2n) is 6.45. The molecule has 1 fully saturated rings. The molecular weight excluding hydrogens is 320 g/mol. The number of hydrogen-bond donors (Lipinski definition) is 1. The van der Waals surface area contributed by atoms with Crippen LogP contribution in [0.3, 0.4) is 0 Å². The molecule has 0 spiro atoms. The Morgan fingerprint density at radius 1 is 1.17 bits per heavy atom. The van der Waals surface area contributed by atoms with E-state index in [0.717, 1.165) is 24.7 Å². The number of carbonyl (C=O) groups is 1. The van der Waals surface area contributed by atoms with Gasteiger partial charge in [0.2, 0.25) is 0 Å². The van der Waals surface area contributed by atoms with E-state index >= 15 is 0 Å². The van der Waals surface area contributed by atoms with Crippen LogP contribution in [0.2, 0.25) is 5.02 Å². The highest BCUT2D eigenvalue weighted by atomic mass is 35.5. The molecule has 2 N–H and O–H groups in total. The molecule has 3 nitrogen and oxygen atoms in total. The first kappa shape index (κ1) is 16.8. The lowest BCUT2D eigenvalue weighted by molar-refractivity contribution is 0.103. The first-order chi connectivity index (χ1) is 11.6. The van der Waals surface area contributed by atoms with E-state index < -0.39 is 0 Å². The topological polar surface area (TPSA) is 46.3 Å². The van der Waals surface area contributed by atoms with Crippen molar-refractivity contribution in [3.63, 3.8) is 0 Å². The van der Waals surface area contributed by atoms with E-state index in [-0.39, 0.29) is 5.78 Å². The van der Waals surface area contributed by atoms with E-state index in [0.29, 0.717) is 21.8 Å². The number of ketones is 1. The van der Waals surface area contributed by atoms with Gasteiger partial charge in [0, 0.05) is 40.6 Å². The average Bonchev–Trinajstić information content (AvgIpc) is 2.62. The lowest BCUT2D eigenvalue weighted by atomic mass is 9.93. The van der Waals surface area contributed by atoms with E-state index in [4.69, 9.17) is 17.3 Å². The maximum atomic E-state index is 13.0. The molecule has 24 heavy (non-hydrogen) atoms. The number of anilines is 2. The van der Waals surface area contributed by atoms with Crippen LogP contribution in [0.4, 0.5) is 11.4 Å². The Labute approximate surface area is 148 Å². The summed E-state index contributed by atoms with van der Waals surface area (Å²) in [6, 6.07) is 12.7. The lowest BCUT2D eigenvalue weighted by Gasteiger charge is -2.34. The highest BCUT2D eigenvalue weighted by Crippen LogP contribution is 2.30. The van der Waals surface area contributed by atoms with Crippen LogP contribution in [0, 0.1) is 5.92 Å². The number of benzene rings is 2. The van der Waals surface area contributed by atoms with Gasteiger partial charge >= 0.3 is 0 Å². The van der Waals surface area contributed by atoms with E-state index in [9.17, 15) is 4.79 Å². The molecule has 2 aromatic rings. The van der Waals surface area contributed by atoms with Crippen LogP contribution in [0.25, 0.3) is 0 Å². The summed E-state index contributed by atoms with van der Waals surface area (Å²) in [5.74, 6) is 0.789. The van der Waals surface area contributed by atoms with Crippen molar-refractivity contribution in [2.45, 2.75) is 26.2 Å². The summed E-state index contributed by atoms with van der Waals surface area (Å²) in [6.07, 6.45) is 3.58. The van der Waals surface area contributed by atoms with E-state index in [2.05, 4.69) is 11.8 Å². The fraction of sp³-hybridized carbons (Fsp3) is 0.350. The third-order valence-corrected chi connectivity index (χ3v) is 5.16. The van der Waals surface area contributed by atoms with Gasteiger partial charge in [0.1, 0.15) is 0 Å². The standard InChI is InChI=1S/C20H23ClN2O/c1-2-14-9-11-23(12-10-14)19-8-7-17(22)13-18(19)20(24)15-3-5-16(21)6-4-15/h3-8,13-14H,2,9-12,22H2,1H3. The lowest BCUT2D eigenvalue weighted by Crippen LogP contribution is -2.34. The van der Waals surface area contributed by atoms with Crippen molar-refractivity contribution in [1.82, 2.24) is 0 Å². The Kier molecular flexibility index (Phi) is 5.10. The Morgan fingerprint density at radius 3 is 2.46 bits per heavy atom. The Hall–Kier alpha value is -2.00. The van der Waals surface area contributed by atoms with Crippen molar-refractivity contribution < 1.29 is 4.79 Å². The van der Waals surface area contributed by atoms with Gasteiger partial charge < -0.3 is 10.6 Å². The number of nitrogens with zero attached hydrogens (tertiary/aromatic N) is 1. The van der Waals surface area contributed by atoms with E-state index in [1.807, 2.05) is 12.1 Å². The van der Waals surface area contributed by atoms with Gasteiger partial charge in [-0.2, -0.15) is 0 Å². The first-order valence-corrected chi connectivity index (χ1v) is 8.91. The third kappa shape index (κ3) is 3.57. The Balaban J connectivity index is 1.91. The fourth-order valence-electron chi connectivity index (χ4n) is 3.35. The van der Waals surface area contributed by atoms with Crippen molar-refractivity contribution in [1.29, 1.82) is 0 Å². The SMILES string of the molecule is CCC1CCN(c2ccc(N)cc2C(=O)c2ccc(Cl)cc2)CC1. The second kappa shape index (κ2) is 7.27. The van der Waals surface area contributed by atoms with Crippen molar-refractivity contribution in [2.24, 2.45) is 5.92 Å². The van der Waals surface area contributed by atoms with Crippen LogP contribution >= 0.6 is 11.6 Å². The maximum Gasteiger partial charge on any atom is 0.195 e. The highest BCUT2D eigenvalue weighted by molar-refractivity contribution is 6.30. The molecule has 1 aliphatic heterocycles. The molecule has 1 aliphatic rings. The number of halogens is 1. The first-order valence-electron chi connectivity index (χ1n) is 8.53. The quantitative estimate of drug-likeness (QED) is 0.642. The van der Waals surface area contributed by atoms with Crippen LogP contribution in [-0.2, 0) is 0 Å². The van der Waals surface area contributed by atoms with Crippen molar-refractivity contribution in [2.75, 3.05) is 23.7 Å². The molecule has 2 aromatic carbocycles. The number of carbonyl (C=O) groups excluding carboxylic acids is 1. The minimum absolute atomic E-state index is 0.00779. The summed E-state index contributed by atoms with van der Waals surface area (Å²) in [6.45, 7) is 4.23. The zero-order chi connectivity index (χ0) is 17.1. The van der Waals surface area contributed by atoms with Gasteiger partial charge in [0.15, 0.2) is 5.78 Å². The largest absolute Gasteiger partial charge is 0.399 e. The normalized spacial score (nSPS) is 15.5. The molecule has 0 bridgehead atoms. The summed E-state index contributed by atoms with van der Waals surface area (Å²) in [5.41, 5.74) is 8.85. The summed E-state index contributed by atoms with van der Waals surface area (Å²) in [4.78, 5) is 15.3. The predicted octanol–water partition coefficient (Wildman–Crippen LogP) is 4.78. The molecule has 0 atom stereocenters. The van der Waals surface area contributed by atoms with Crippen LogP contribution in [-0.4, -0.2) is 18.9 Å². The fourth-order valence-corrected chi connectivity index (χ4v) is 3.48. The molecule has 4 heteroatoms. The van der Waals surface area contributed by atoms with Crippen LogP contribution in [0.15, 0.2) is 42.5 Å². The minimum Gasteiger partial charge on any atom is -0.399 e. The zero-order valence-corrected chi connectivity index (χ0v) is 14.7. The smallest absolute Gasteiger partial charge is 0.195 e. The Morgan fingerprint density at radius 2 is 1.83 bits per heavy atom. The summed E-state index contributed by atoms with van der Waals surface area (Å²) < 4.78 is 0. The number of nitrogen functional groups attached to an aromatic ring is 1. The monoisotopic (exact) mass is 342 g/mol. The number of hydrogen-bond acceptors (Lipinski definition) is 3. The van der Waals surface area contributed by atoms with Gasteiger partial charge in [-0.1, -0.05) is 24.9 Å². The molecule has 3 rings (SSSR count). The predicted molar refractivity (Wildman–Crippen MR) is 101 cm³/mol. The average molecular weight is 343 g/mol. The van der Waals surface area contributed by atoms with Crippen molar-refractivity contribution in [3.8, 4) is 0 Å². The van der Waals surface area contributed by atoms with Crippen LogP contribution < -0.4 is 10.6 Å². The molecule has 1 heterocycles. The molecule has 0 saturated carbocycles. The van der Waals surface area contributed by atoms with Crippen molar-refractivity contribution in [3.05, 3.63) is 58.6 Å². The number of piperidine rings is 1. The highest BCUT2D eigenvalue weighted by Gasteiger charge is 2.23.